The molecule has 0 unspecified atom stereocenters. The Labute approximate surface area is 181 Å². The topological polar surface area (TPSA) is 72.7 Å². The minimum absolute atomic E-state index is 0.120. The molecule has 6 nitrogen and oxygen atoms in total. The number of nitrogens with zero attached hydrogens (tertiary/aromatic N) is 2. The molecule has 31 heavy (non-hydrogen) atoms. The Morgan fingerprint density at radius 2 is 2.00 bits per heavy atom. The van der Waals surface area contributed by atoms with Crippen LogP contribution in [0.1, 0.15) is 41.4 Å². The fraction of sp³-hybridized carbons (Fsp3) is 0.286. The molecule has 0 saturated heterocycles. The highest BCUT2D eigenvalue weighted by Crippen LogP contribution is 2.32. The molecule has 1 N–H and O–H groups in total. The number of carbonyl (C=O) groups excluding carboxylic acids is 2. The van der Waals surface area contributed by atoms with Crippen molar-refractivity contribution in [2.75, 3.05) is 11.9 Å². The van der Waals surface area contributed by atoms with Gasteiger partial charge in [-0.15, -0.1) is 0 Å². The minimum Gasteiger partial charge on any atom is -0.462 e. The van der Waals surface area contributed by atoms with Crippen LogP contribution in [0.3, 0.4) is 0 Å². The number of nitrogens with one attached hydrogen (secondary N) is 1. The molecule has 0 fully saturated rings. The number of hydrogen-bond acceptors (Lipinski definition) is 4. The van der Waals surface area contributed by atoms with E-state index in [1.807, 2.05) is 6.92 Å². The maximum atomic E-state index is 12.9. The van der Waals surface area contributed by atoms with Crippen LogP contribution >= 0.6 is 11.6 Å². The molecule has 1 aromatic carbocycles. The maximum Gasteiger partial charge on any atom is 0.417 e. The number of benzene rings is 1. The zero-order valence-electron chi connectivity index (χ0n) is 16.5. The Kier molecular flexibility index (Phi) is 6.84. The van der Waals surface area contributed by atoms with E-state index in [9.17, 15) is 22.8 Å². The van der Waals surface area contributed by atoms with Crippen LogP contribution in [0.4, 0.5) is 18.9 Å². The van der Waals surface area contributed by atoms with Crippen molar-refractivity contribution in [3.05, 3.63) is 64.6 Å². The summed E-state index contributed by atoms with van der Waals surface area (Å²) < 4.78 is 45.1. The van der Waals surface area contributed by atoms with E-state index < -0.39 is 23.6 Å². The standard InChI is InChI=1S/C21H19ClF3N3O3/c1-2-3-7-31-20(30)13-5-4-6-15(8-13)26-18(29)10-16-12-28-11-14(21(23,24)25)9-17(22)19(28)27-16/h4-6,8-9,11-12H,2-3,7,10H2,1H3,(H,26,29). The Morgan fingerprint density at radius 3 is 2.71 bits per heavy atom. The van der Waals surface area contributed by atoms with E-state index in [2.05, 4.69) is 10.3 Å². The number of alkyl halides is 3. The average molecular weight is 454 g/mol. The van der Waals surface area contributed by atoms with Crippen molar-refractivity contribution < 1.29 is 27.5 Å². The largest absolute Gasteiger partial charge is 0.462 e. The predicted octanol–water partition coefficient (Wildman–Crippen LogP) is 5.14. The summed E-state index contributed by atoms with van der Waals surface area (Å²) >= 11 is 5.91. The summed E-state index contributed by atoms with van der Waals surface area (Å²) in [6.45, 7) is 2.30. The van der Waals surface area contributed by atoms with Crippen molar-refractivity contribution in [3.63, 3.8) is 0 Å². The van der Waals surface area contributed by atoms with E-state index in [0.29, 0.717) is 17.9 Å². The number of carbonyl (C=O) groups is 2. The second kappa shape index (κ2) is 9.38. The molecule has 0 bridgehead atoms. The first kappa shape index (κ1) is 22.6. The summed E-state index contributed by atoms with van der Waals surface area (Å²) in [4.78, 5) is 28.5. The number of rotatable bonds is 7. The van der Waals surface area contributed by atoms with E-state index in [0.717, 1.165) is 29.5 Å². The van der Waals surface area contributed by atoms with Gasteiger partial charge in [-0.3, -0.25) is 4.79 Å². The smallest absolute Gasteiger partial charge is 0.417 e. The van der Waals surface area contributed by atoms with Gasteiger partial charge in [0.25, 0.3) is 0 Å². The van der Waals surface area contributed by atoms with Crippen molar-refractivity contribution in [2.45, 2.75) is 32.4 Å². The van der Waals surface area contributed by atoms with Crippen molar-refractivity contribution >= 4 is 34.8 Å². The van der Waals surface area contributed by atoms with Crippen LogP contribution in [-0.2, 0) is 22.1 Å². The van der Waals surface area contributed by atoms with Gasteiger partial charge in [-0.2, -0.15) is 13.2 Å². The molecule has 1 amide bonds. The van der Waals surface area contributed by atoms with E-state index in [1.165, 1.54) is 12.3 Å². The highest BCUT2D eigenvalue weighted by atomic mass is 35.5. The number of anilines is 1. The van der Waals surface area contributed by atoms with Gasteiger partial charge in [-0.25, -0.2) is 9.78 Å². The summed E-state index contributed by atoms with van der Waals surface area (Å²) in [7, 11) is 0. The lowest BCUT2D eigenvalue weighted by Crippen LogP contribution is -2.15. The highest BCUT2D eigenvalue weighted by Gasteiger charge is 2.32. The lowest BCUT2D eigenvalue weighted by Gasteiger charge is -2.07. The Balaban J connectivity index is 1.70. The molecule has 3 rings (SSSR count). The lowest BCUT2D eigenvalue weighted by molar-refractivity contribution is -0.137. The maximum absolute atomic E-state index is 12.9. The van der Waals surface area contributed by atoms with Crippen LogP contribution in [0.15, 0.2) is 42.7 Å². The van der Waals surface area contributed by atoms with Crippen LogP contribution in [0.2, 0.25) is 5.02 Å². The molecular formula is C21H19ClF3N3O3. The number of ether oxygens (including phenoxy) is 1. The number of halogens is 4. The molecule has 2 heterocycles. The Morgan fingerprint density at radius 1 is 1.23 bits per heavy atom. The lowest BCUT2D eigenvalue weighted by atomic mass is 10.2. The third-order valence-corrected chi connectivity index (χ3v) is 4.62. The molecule has 10 heteroatoms. The number of hydrogen-bond donors (Lipinski definition) is 1. The van der Waals surface area contributed by atoms with E-state index in [4.69, 9.17) is 16.3 Å². The molecule has 3 aromatic rings. The molecule has 0 spiro atoms. The van der Waals surface area contributed by atoms with Crippen molar-refractivity contribution in [3.8, 4) is 0 Å². The van der Waals surface area contributed by atoms with E-state index in [1.54, 1.807) is 18.2 Å². The summed E-state index contributed by atoms with van der Waals surface area (Å²) in [6.07, 6.45) is -0.904. The Bertz CT molecular complexity index is 1110. The quantitative estimate of drug-likeness (QED) is 0.397. The van der Waals surface area contributed by atoms with Crippen LogP contribution in [-0.4, -0.2) is 27.9 Å². The van der Waals surface area contributed by atoms with Gasteiger partial charge >= 0.3 is 12.1 Å². The molecule has 0 aliphatic carbocycles. The Hall–Kier alpha value is -3.07. The molecule has 0 saturated carbocycles. The van der Waals surface area contributed by atoms with Gasteiger partial charge in [-0.1, -0.05) is 31.0 Å². The normalized spacial score (nSPS) is 11.5. The van der Waals surface area contributed by atoms with Gasteiger partial charge in [0.1, 0.15) is 0 Å². The van der Waals surface area contributed by atoms with E-state index >= 15 is 0 Å². The molecular weight excluding hydrogens is 435 g/mol. The average Bonchev–Trinajstić information content (AvgIpc) is 3.10. The molecule has 2 aromatic heterocycles. The fourth-order valence-electron chi connectivity index (χ4n) is 2.83. The number of pyridine rings is 1. The number of amides is 1. The first-order valence-electron chi connectivity index (χ1n) is 9.48. The van der Waals surface area contributed by atoms with Gasteiger partial charge in [0.2, 0.25) is 5.91 Å². The fourth-order valence-corrected chi connectivity index (χ4v) is 3.09. The summed E-state index contributed by atoms with van der Waals surface area (Å²) in [5, 5.41) is 2.47. The SMILES string of the molecule is CCCCOC(=O)c1cccc(NC(=O)Cc2cn3cc(C(F)(F)F)cc(Cl)c3n2)c1. The van der Waals surface area contributed by atoms with E-state index in [-0.39, 0.29) is 22.8 Å². The number of aromatic nitrogens is 2. The van der Waals surface area contributed by atoms with Gasteiger partial charge in [0, 0.05) is 18.1 Å². The number of unbranched alkanes of at least 4 members (excludes halogenated alkanes) is 1. The number of fused-ring (bicyclic) bond motifs is 1. The van der Waals surface area contributed by atoms with Crippen LogP contribution in [0.25, 0.3) is 5.65 Å². The highest BCUT2D eigenvalue weighted by molar-refractivity contribution is 6.33. The first-order valence-corrected chi connectivity index (χ1v) is 9.86. The molecule has 164 valence electrons. The molecule has 0 radical (unpaired) electrons. The van der Waals surface area contributed by atoms with Crippen molar-refractivity contribution in [1.82, 2.24) is 9.38 Å². The molecule has 0 aliphatic rings. The zero-order valence-corrected chi connectivity index (χ0v) is 17.3. The van der Waals surface area contributed by atoms with Gasteiger partial charge in [0.15, 0.2) is 5.65 Å². The number of imidazole rings is 1. The van der Waals surface area contributed by atoms with Crippen LogP contribution in [0, 0.1) is 0 Å². The second-order valence-electron chi connectivity index (χ2n) is 6.83. The van der Waals surface area contributed by atoms with Crippen LogP contribution in [0.5, 0.6) is 0 Å². The predicted molar refractivity (Wildman–Crippen MR) is 109 cm³/mol. The third kappa shape index (κ3) is 5.75. The van der Waals surface area contributed by atoms with Gasteiger partial charge < -0.3 is 14.5 Å². The summed E-state index contributed by atoms with van der Waals surface area (Å²) in [6, 6.07) is 7.07. The summed E-state index contributed by atoms with van der Waals surface area (Å²) in [5.74, 6) is -0.938. The first-order chi connectivity index (χ1) is 14.7. The number of esters is 1. The van der Waals surface area contributed by atoms with Crippen molar-refractivity contribution in [1.29, 1.82) is 0 Å². The summed E-state index contributed by atoms with van der Waals surface area (Å²) in [5.41, 5.74) is 0.133. The van der Waals surface area contributed by atoms with Crippen molar-refractivity contribution in [2.24, 2.45) is 0 Å². The monoisotopic (exact) mass is 453 g/mol. The van der Waals surface area contributed by atoms with Gasteiger partial charge in [0.05, 0.1) is 34.9 Å². The van der Waals surface area contributed by atoms with Crippen LogP contribution < -0.4 is 5.32 Å². The molecule has 0 aliphatic heterocycles. The molecule has 0 atom stereocenters. The van der Waals surface area contributed by atoms with Gasteiger partial charge in [-0.05, 0) is 30.7 Å². The minimum atomic E-state index is -4.55. The third-order valence-electron chi connectivity index (χ3n) is 4.34. The zero-order chi connectivity index (χ0) is 22.6. The second-order valence-corrected chi connectivity index (χ2v) is 7.24.